The Morgan fingerprint density at radius 2 is 2.11 bits per heavy atom. The largest absolute Gasteiger partial charge is 0.367 e. The van der Waals surface area contributed by atoms with Crippen molar-refractivity contribution in [2.45, 2.75) is 64.1 Å². The fourth-order valence-corrected chi connectivity index (χ4v) is 3.13. The third kappa shape index (κ3) is 2.92. The van der Waals surface area contributed by atoms with E-state index in [1.807, 2.05) is 6.20 Å². The van der Waals surface area contributed by atoms with Gasteiger partial charge in [-0.05, 0) is 52.1 Å². The van der Waals surface area contributed by atoms with Gasteiger partial charge in [-0.1, -0.05) is 12.5 Å². The minimum absolute atomic E-state index is 0.545. The van der Waals surface area contributed by atoms with Gasteiger partial charge in [0.2, 0.25) is 0 Å². The molecule has 0 radical (unpaired) electrons. The minimum atomic E-state index is 0.545. The fourth-order valence-electron chi connectivity index (χ4n) is 3.13. The summed E-state index contributed by atoms with van der Waals surface area (Å²) in [6, 6.07) is 6.18. The van der Waals surface area contributed by atoms with Crippen LogP contribution in [0.5, 0.6) is 0 Å². The van der Waals surface area contributed by atoms with Crippen molar-refractivity contribution in [2.75, 3.05) is 11.9 Å². The van der Waals surface area contributed by atoms with Crippen LogP contribution < -0.4 is 5.32 Å². The first-order chi connectivity index (χ1) is 9.25. The maximum Gasteiger partial charge on any atom is 0.130 e. The second-order valence-electron chi connectivity index (χ2n) is 6.20. The Balaban J connectivity index is 1.85. The maximum absolute atomic E-state index is 4.59. The van der Waals surface area contributed by atoms with Crippen molar-refractivity contribution in [1.82, 2.24) is 9.88 Å². The van der Waals surface area contributed by atoms with E-state index >= 15 is 0 Å². The van der Waals surface area contributed by atoms with Crippen molar-refractivity contribution in [3.05, 3.63) is 23.9 Å². The van der Waals surface area contributed by atoms with Crippen LogP contribution in [-0.4, -0.2) is 28.5 Å². The second-order valence-corrected chi connectivity index (χ2v) is 6.20. The molecule has 1 atom stereocenters. The number of likely N-dealkylation sites (tertiary alicyclic amines) is 1. The summed E-state index contributed by atoms with van der Waals surface area (Å²) in [5.41, 5.74) is 1.41. The number of piperidine rings is 1. The zero-order valence-corrected chi connectivity index (χ0v) is 12.1. The van der Waals surface area contributed by atoms with Gasteiger partial charge in [0, 0.05) is 29.9 Å². The molecule has 1 saturated heterocycles. The van der Waals surface area contributed by atoms with Gasteiger partial charge >= 0.3 is 0 Å². The molecule has 0 bridgehead atoms. The third-order valence-corrected chi connectivity index (χ3v) is 4.32. The Hall–Kier alpha value is -1.09. The van der Waals surface area contributed by atoms with Gasteiger partial charge in [0.1, 0.15) is 5.82 Å². The van der Waals surface area contributed by atoms with E-state index in [0.717, 1.165) is 5.82 Å². The predicted octanol–water partition coefficient (Wildman–Crippen LogP) is 3.59. The van der Waals surface area contributed by atoms with Gasteiger partial charge in [-0.2, -0.15) is 0 Å². The number of pyridine rings is 1. The quantitative estimate of drug-likeness (QED) is 0.895. The fraction of sp³-hybridized carbons (Fsp3) is 0.688. The molecule has 104 valence electrons. The molecule has 1 aliphatic carbocycles. The molecule has 2 fully saturated rings. The number of nitrogens with zero attached hydrogens (tertiary/aromatic N) is 2. The summed E-state index contributed by atoms with van der Waals surface area (Å²) in [5.74, 6) is 1.13. The summed E-state index contributed by atoms with van der Waals surface area (Å²) in [6.45, 7) is 5.84. The first-order valence-electron chi connectivity index (χ1n) is 7.73. The van der Waals surface area contributed by atoms with Crippen LogP contribution in [0.25, 0.3) is 0 Å². The molecule has 1 aromatic rings. The summed E-state index contributed by atoms with van der Waals surface area (Å²) < 4.78 is 0. The maximum atomic E-state index is 4.59. The molecular weight excluding hydrogens is 234 g/mol. The molecule has 19 heavy (non-hydrogen) atoms. The normalized spacial score (nSPS) is 24.7. The SMILES string of the molecule is CC(C)N1CCCC[C@@H]1c1cccnc1NC1CC1. The number of aromatic nitrogens is 1. The summed E-state index contributed by atoms with van der Waals surface area (Å²) in [7, 11) is 0. The van der Waals surface area contributed by atoms with E-state index in [4.69, 9.17) is 0 Å². The van der Waals surface area contributed by atoms with Crippen LogP contribution >= 0.6 is 0 Å². The van der Waals surface area contributed by atoms with Crippen LogP contribution in [-0.2, 0) is 0 Å². The first-order valence-corrected chi connectivity index (χ1v) is 7.73. The Kier molecular flexibility index (Phi) is 3.74. The van der Waals surface area contributed by atoms with E-state index < -0.39 is 0 Å². The molecule has 3 rings (SSSR count). The smallest absolute Gasteiger partial charge is 0.130 e. The van der Waals surface area contributed by atoms with Gasteiger partial charge in [-0.25, -0.2) is 4.98 Å². The highest BCUT2D eigenvalue weighted by molar-refractivity contribution is 5.47. The number of anilines is 1. The highest BCUT2D eigenvalue weighted by atomic mass is 15.2. The van der Waals surface area contributed by atoms with Crippen LogP contribution in [0.15, 0.2) is 18.3 Å². The summed E-state index contributed by atoms with van der Waals surface area (Å²) in [6.07, 6.45) is 8.45. The van der Waals surface area contributed by atoms with Crippen molar-refractivity contribution in [2.24, 2.45) is 0 Å². The minimum Gasteiger partial charge on any atom is -0.367 e. The molecule has 1 saturated carbocycles. The lowest BCUT2D eigenvalue weighted by molar-refractivity contribution is 0.112. The molecule has 1 N–H and O–H groups in total. The van der Waals surface area contributed by atoms with Gasteiger partial charge in [0.25, 0.3) is 0 Å². The molecule has 0 aromatic carbocycles. The standard InChI is InChI=1S/C16H25N3/c1-12(2)19-11-4-3-7-15(19)14-6-5-10-17-16(14)18-13-8-9-13/h5-6,10,12-13,15H,3-4,7-9,11H2,1-2H3,(H,17,18)/t15-/m1/s1. The van der Waals surface area contributed by atoms with Crippen LogP contribution in [0, 0.1) is 0 Å². The van der Waals surface area contributed by atoms with E-state index in [9.17, 15) is 0 Å². The second kappa shape index (κ2) is 5.49. The molecular formula is C16H25N3. The van der Waals surface area contributed by atoms with Crippen LogP contribution in [0.1, 0.15) is 57.6 Å². The van der Waals surface area contributed by atoms with Gasteiger partial charge in [0.15, 0.2) is 0 Å². The average Bonchev–Trinajstić information content (AvgIpc) is 3.23. The van der Waals surface area contributed by atoms with E-state index in [-0.39, 0.29) is 0 Å². The highest BCUT2D eigenvalue weighted by Crippen LogP contribution is 2.36. The van der Waals surface area contributed by atoms with Crippen molar-refractivity contribution in [1.29, 1.82) is 0 Å². The zero-order chi connectivity index (χ0) is 13.2. The summed E-state index contributed by atoms with van der Waals surface area (Å²) in [4.78, 5) is 7.23. The van der Waals surface area contributed by atoms with Crippen LogP contribution in [0.3, 0.4) is 0 Å². The van der Waals surface area contributed by atoms with Crippen LogP contribution in [0.2, 0.25) is 0 Å². The lowest BCUT2D eigenvalue weighted by Gasteiger charge is -2.39. The molecule has 0 spiro atoms. The zero-order valence-electron chi connectivity index (χ0n) is 12.1. The average molecular weight is 259 g/mol. The van der Waals surface area contributed by atoms with E-state index in [1.54, 1.807) is 0 Å². The number of nitrogens with one attached hydrogen (secondary N) is 1. The topological polar surface area (TPSA) is 28.2 Å². The molecule has 3 nitrogen and oxygen atoms in total. The Bertz CT molecular complexity index is 426. The Morgan fingerprint density at radius 1 is 1.26 bits per heavy atom. The molecule has 0 amide bonds. The van der Waals surface area contributed by atoms with Crippen molar-refractivity contribution < 1.29 is 0 Å². The van der Waals surface area contributed by atoms with E-state index in [1.165, 1.54) is 44.2 Å². The van der Waals surface area contributed by atoms with Gasteiger partial charge < -0.3 is 5.32 Å². The molecule has 1 aromatic heterocycles. The van der Waals surface area contributed by atoms with Gasteiger partial charge in [-0.15, -0.1) is 0 Å². The van der Waals surface area contributed by atoms with E-state index in [0.29, 0.717) is 18.1 Å². The number of rotatable bonds is 4. The Morgan fingerprint density at radius 3 is 2.84 bits per heavy atom. The van der Waals surface area contributed by atoms with Crippen molar-refractivity contribution in [3.8, 4) is 0 Å². The first kappa shape index (κ1) is 12.9. The molecule has 3 heteroatoms. The van der Waals surface area contributed by atoms with Gasteiger partial charge in [0.05, 0.1) is 0 Å². The molecule has 2 aliphatic rings. The molecule has 0 unspecified atom stereocenters. The third-order valence-electron chi connectivity index (χ3n) is 4.32. The van der Waals surface area contributed by atoms with Crippen molar-refractivity contribution in [3.63, 3.8) is 0 Å². The monoisotopic (exact) mass is 259 g/mol. The highest BCUT2D eigenvalue weighted by Gasteiger charge is 2.29. The van der Waals surface area contributed by atoms with Gasteiger partial charge in [-0.3, -0.25) is 4.90 Å². The van der Waals surface area contributed by atoms with E-state index in [2.05, 4.69) is 41.2 Å². The number of hydrogen-bond donors (Lipinski definition) is 1. The predicted molar refractivity (Wildman–Crippen MR) is 79.3 cm³/mol. The Labute approximate surface area is 116 Å². The summed E-state index contributed by atoms with van der Waals surface area (Å²) >= 11 is 0. The number of hydrogen-bond acceptors (Lipinski definition) is 3. The molecule has 1 aliphatic heterocycles. The summed E-state index contributed by atoms with van der Waals surface area (Å²) in [5, 5.41) is 3.60. The molecule has 2 heterocycles. The van der Waals surface area contributed by atoms with Crippen LogP contribution in [0.4, 0.5) is 5.82 Å². The van der Waals surface area contributed by atoms with Crippen molar-refractivity contribution >= 4 is 5.82 Å². The lowest BCUT2D eigenvalue weighted by atomic mass is 9.94. The lowest BCUT2D eigenvalue weighted by Crippen LogP contribution is -2.38.